The molecule has 8 aromatic carbocycles. The summed E-state index contributed by atoms with van der Waals surface area (Å²) in [7, 11) is 0. The van der Waals surface area contributed by atoms with Crippen molar-refractivity contribution in [1.82, 2.24) is 15.3 Å². The van der Waals surface area contributed by atoms with Crippen LogP contribution in [0.4, 0.5) is 0 Å². The van der Waals surface area contributed by atoms with Gasteiger partial charge in [0, 0.05) is 33.4 Å². The van der Waals surface area contributed by atoms with Gasteiger partial charge >= 0.3 is 0 Å². The molecule has 0 radical (unpaired) electrons. The molecule has 0 bridgehead atoms. The Balaban J connectivity index is 1.05. The van der Waals surface area contributed by atoms with E-state index in [4.69, 9.17) is 20.0 Å². The molecule has 2 heterocycles. The summed E-state index contributed by atoms with van der Waals surface area (Å²) in [5.74, 6) is 2.22. The van der Waals surface area contributed by atoms with Crippen LogP contribution in [0, 0.1) is 0 Å². The molecule has 1 aliphatic heterocycles. The third-order valence-electron chi connectivity index (χ3n) is 11.2. The predicted molar refractivity (Wildman–Crippen MR) is 248 cm³/mol. The van der Waals surface area contributed by atoms with Crippen LogP contribution in [-0.2, 0) is 6.42 Å². The number of amidine groups is 2. The Hall–Kier alpha value is -7.76. The smallest absolute Gasteiger partial charge is 0.160 e. The topological polar surface area (TPSA) is 62.5 Å². The fraction of sp³-hybridized carbons (Fsp3) is 0.0545. The highest BCUT2D eigenvalue weighted by Crippen LogP contribution is 2.40. The van der Waals surface area contributed by atoms with Crippen molar-refractivity contribution in [2.45, 2.75) is 19.5 Å². The number of rotatable bonds is 9. The first-order valence-corrected chi connectivity index (χ1v) is 20.5. The average Bonchev–Trinajstić information content (AvgIpc) is 3.34. The molecule has 0 aliphatic carbocycles. The van der Waals surface area contributed by atoms with Gasteiger partial charge in [-0.3, -0.25) is 0 Å². The molecular formula is C55H41N5. The van der Waals surface area contributed by atoms with Crippen LogP contribution in [0.3, 0.4) is 0 Å². The molecule has 0 spiro atoms. The third kappa shape index (κ3) is 7.18. The van der Waals surface area contributed by atoms with Crippen molar-refractivity contribution in [1.29, 1.82) is 0 Å². The van der Waals surface area contributed by atoms with Crippen molar-refractivity contribution in [3.63, 3.8) is 0 Å². The molecule has 9 aromatic rings. The van der Waals surface area contributed by atoms with Crippen molar-refractivity contribution in [2.24, 2.45) is 9.98 Å². The van der Waals surface area contributed by atoms with E-state index in [1.807, 2.05) is 60.7 Å². The molecule has 60 heavy (non-hydrogen) atoms. The van der Waals surface area contributed by atoms with Gasteiger partial charge in [0.1, 0.15) is 12.0 Å². The zero-order valence-electron chi connectivity index (χ0n) is 33.2. The van der Waals surface area contributed by atoms with Crippen LogP contribution in [0.5, 0.6) is 0 Å². The number of hydrogen-bond donors (Lipinski definition) is 1. The molecule has 5 heteroatoms. The van der Waals surface area contributed by atoms with Gasteiger partial charge in [0.2, 0.25) is 0 Å². The van der Waals surface area contributed by atoms with Crippen molar-refractivity contribution in [3.05, 3.63) is 229 Å². The number of fused-ring (bicyclic) bond motifs is 1. The molecule has 1 aromatic heterocycles. The molecule has 1 unspecified atom stereocenters. The van der Waals surface area contributed by atoms with E-state index in [1.54, 1.807) is 0 Å². The second-order valence-electron chi connectivity index (χ2n) is 14.9. The normalized spacial score (nSPS) is 13.7. The molecule has 5 nitrogen and oxygen atoms in total. The molecule has 0 saturated heterocycles. The van der Waals surface area contributed by atoms with Gasteiger partial charge in [-0.05, 0) is 45.0 Å². The Kier molecular flexibility index (Phi) is 9.90. The van der Waals surface area contributed by atoms with Gasteiger partial charge in [0.05, 0.1) is 11.4 Å². The van der Waals surface area contributed by atoms with Crippen LogP contribution < -0.4 is 5.32 Å². The first-order valence-electron chi connectivity index (χ1n) is 20.5. The van der Waals surface area contributed by atoms with Gasteiger partial charge in [-0.15, -0.1) is 0 Å². The number of aliphatic imine (C=N–C) groups is 2. The quantitative estimate of drug-likeness (QED) is 0.159. The van der Waals surface area contributed by atoms with E-state index in [0.29, 0.717) is 5.84 Å². The zero-order chi connectivity index (χ0) is 40.3. The van der Waals surface area contributed by atoms with E-state index in [2.05, 4.69) is 158 Å². The Labute approximate surface area is 350 Å². The number of benzene rings is 8. The second-order valence-corrected chi connectivity index (χ2v) is 14.9. The fourth-order valence-electron chi connectivity index (χ4n) is 8.15. The summed E-state index contributed by atoms with van der Waals surface area (Å²) >= 11 is 0. The van der Waals surface area contributed by atoms with Gasteiger partial charge in [0.15, 0.2) is 11.7 Å². The van der Waals surface area contributed by atoms with Gasteiger partial charge in [-0.1, -0.05) is 213 Å². The van der Waals surface area contributed by atoms with Crippen LogP contribution in [0.25, 0.3) is 66.9 Å². The second kappa shape index (κ2) is 16.2. The van der Waals surface area contributed by atoms with Crippen molar-refractivity contribution in [2.75, 3.05) is 0 Å². The molecule has 10 rings (SSSR count). The van der Waals surface area contributed by atoms with Gasteiger partial charge in [0.25, 0.3) is 0 Å². The molecule has 1 aliphatic rings. The summed E-state index contributed by atoms with van der Waals surface area (Å²) in [5, 5.41) is 5.96. The summed E-state index contributed by atoms with van der Waals surface area (Å²) in [6.07, 6.45) is 0.545. The summed E-state index contributed by atoms with van der Waals surface area (Å²) < 4.78 is 0. The number of aromatic nitrogens is 2. The van der Waals surface area contributed by atoms with E-state index >= 15 is 0 Å². The first-order chi connectivity index (χ1) is 29.7. The maximum absolute atomic E-state index is 5.24. The van der Waals surface area contributed by atoms with Crippen molar-refractivity contribution in [3.8, 4) is 56.2 Å². The number of nitrogens with one attached hydrogen (secondary N) is 1. The Morgan fingerprint density at radius 3 is 1.62 bits per heavy atom. The van der Waals surface area contributed by atoms with E-state index in [9.17, 15) is 0 Å². The lowest BCUT2D eigenvalue weighted by molar-refractivity contribution is 0.674. The summed E-state index contributed by atoms with van der Waals surface area (Å²) in [4.78, 5) is 20.6. The standard InChI is InChI=1S/C55H41N5/c1-2-46-50(40-18-7-3-8-19-40)56-52(42-20-9-4-10-21-42)57-51(46)41-31-29-39(30-32-41)49-47-26-16-15-17-37(47)35-36-48(49)38-27-33-45(34-28-38)55-59-53(43-22-11-5-12-23-43)58-54(60-55)44-24-13-6-14-25-44/h3-36,53H,2H2,1H3,(H,58,59,60). The lowest BCUT2D eigenvalue weighted by atomic mass is 9.88. The van der Waals surface area contributed by atoms with Gasteiger partial charge in [-0.25, -0.2) is 20.0 Å². The summed E-state index contributed by atoms with van der Waals surface area (Å²) in [5.41, 5.74) is 13.9. The maximum Gasteiger partial charge on any atom is 0.160 e. The van der Waals surface area contributed by atoms with Crippen LogP contribution >= 0.6 is 0 Å². The van der Waals surface area contributed by atoms with Crippen LogP contribution in [0.1, 0.15) is 35.3 Å². The molecule has 0 fully saturated rings. The van der Waals surface area contributed by atoms with Gasteiger partial charge in [-0.2, -0.15) is 0 Å². The zero-order valence-corrected chi connectivity index (χ0v) is 33.2. The third-order valence-corrected chi connectivity index (χ3v) is 11.2. The highest BCUT2D eigenvalue weighted by Gasteiger charge is 2.22. The summed E-state index contributed by atoms with van der Waals surface area (Å²) in [6.45, 7) is 2.19. The lowest BCUT2D eigenvalue weighted by Crippen LogP contribution is -2.33. The molecule has 0 amide bonds. The molecule has 1 N–H and O–H groups in total. The predicted octanol–water partition coefficient (Wildman–Crippen LogP) is 13.0. The molecule has 1 atom stereocenters. The first kappa shape index (κ1) is 36.6. The highest BCUT2D eigenvalue weighted by molar-refractivity contribution is 6.13. The van der Waals surface area contributed by atoms with E-state index in [0.717, 1.165) is 85.1 Å². The number of hydrogen-bond acceptors (Lipinski definition) is 5. The molecule has 0 saturated carbocycles. The fourth-order valence-corrected chi connectivity index (χ4v) is 8.15. The van der Waals surface area contributed by atoms with Crippen molar-refractivity contribution >= 4 is 22.4 Å². The van der Waals surface area contributed by atoms with Gasteiger partial charge < -0.3 is 5.32 Å². The lowest BCUT2D eigenvalue weighted by Gasteiger charge is -2.23. The SMILES string of the molecule is CCc1c(-c2ccccc2)nc(-c2ccccc2)nc1-c1ccc(-c2c(-c3ccc(C4=NC(c5ccccc5)NC(c5ccccc5)=N4)cc3)ccc3ccccc23)cc1. The van der Waals surface area contributed by atoms with Crippen LogP contribution in [0.15, 0.2) is 216 Å². The van der Waals surface area contributed by atoms with Crippen molar-refractivity contribution < 1.29 is 0 Å². The number of nitrogens with zero attached hydrogens (tertiary/aromatic N) is 4. The Morgan fingerprint density at radius 2 is 0.967 bits per heavy atom. The minimum atomic E-state index is -0.255. The molecule has 286 valence electrons. The van der Waals surface area contributed by atoms with Crippen LogP contribution in [-0.4, -0.2) is 21.6 Å². The Bertz CT molecular complexity index is 3000. The Morgan fingerprint density at radius 1 is 0.450 bits per heavy atom. The maximum atomic E-state index is 5.24. The van der Waals surface area contributed by atoms with E-state index in [1.165, 1.54) is 16.3 Å². The summed E-state index contributed by atoms with van der Waals surface area (Å²) in [6, 6.07) is 72.0. The largest absolute Gasteiger partial charge is 0.344 e. The van der Waals surface area contributed by atoms with E-state index in [-0.39, 0.29) is 6.17 Å². The highest BCUT2D eigenvalue weighted by atomic mass is 15.2. The minimum absolute atomic E-state index is 0.255. The monoisotopic (exact) mass is 771 g/mol. The van der Waals surface area contributed by atoms with Crippen LogP contribution in [0.2, 0.25) is 0 Å². The minimum Gasteiger partial charge on any atom is -0.344 e. The molecular weight excluding hydrogens is 731 g/mol. The van der Waals surface area contributed by atoms with E-state index < -0.39 is 0 Å². The average molecular weight is 772 g/mol.